The Balaban J connectivity index is 1.49. The van der Waals surface area contributed by atoms with Gasteiger partial charge in [0, 0.05) is 29.1 Å². The number of hydrogen-bond acceptors (Lipinski definition) is 7. The highest BCUT2D eigenvalue weighted by molar-refractivity contribution is 7.15. The number of fused-ring (bicyclic) bond motifs is 1. The molecular formula is C26H27N3O4S. The van der Waals surface area contributed by atoms with Gasteiger partial charge in [-0.25, -0.2) is 9.97 Å². The molecule has 34 heavy (non-hydrogen) atoms. The van der Waals surface area contributed by atoms with E-state index in [1.807, 2.05) is 37.3 Å². The third-order valence-corrected chi connectivity index (χ3v) is 6.65. The number of methoxy groups -OCH3 is 1. The molecule has 4 rings (SSSR count). The van der Waals surface area contributed by atoms with Crippen LogP contribution in [0, 0.1) is 0 Å². The van der Waals surface area contributed by atoms with Crippen molar-refractivity contribution >= 4 is 33.9 Å². The van der Waals surface area contributed by atoms with Crippen molar-refractivity contribution in [3.63, 3.8) is 0 Å². The van der Waals surface area contributed by atoms with Crippen LogP contribution in [0.4, 0.5) is 5.82 Å². The van der Waals surface area contributed by atoms with Crippen molar-refractivity contribution in [3.8, 4) is 22.1 Å². The van der Waals surface area contributed by atoms with Crippen LogP contribution in [0.1, 0.15) is 23.8 Å². The smallest absolute Gasteiger partial charge is 0.303 e. The third-order valence-electron chi connectivity index (χ3n) is 5.45. The molecule has 7 nitrogen and oxygen atoms in total. The monoisotopic (exact) mass is 477 g/mol. The number of aryl methyl sites for hydroxylation is 1. The Morgan fingerprint density at radius 3 is 2.74 bits per heavy atom. The first-order chi connectivity index (χ1) is 16.6. The maximum atomic E-state index is 11.0. The van der Waals surface area contributed by atoms with E-state index in [1.165, 1.54) is 28.4 Å². The standard InChI is InChI=1S/C26H27N3O4S/c1-3-33-22-15-24(34-23(22)10-11-26(30)31)20-14-25(29-16-28-20)27-13-12-19-18-7-5-4-6-17(18)8-9-21(19)32-2/h4-9,14-16H,3,10-13H2,1-2H3,(H,30,31)(H,27,28,29). The van der Waals surface area contributed by atoms with Crippen LogP contribution in [0.25, 0.3) is 21.3 Å². The molecule has 8 heteroatoms. The Morgan fingerprint density at radius 1 is 1.09 bits per heavy atom. The number of ether oxygens (including phenoxy) is 2. The van der Waals surface area contributed by atoms with Gasteiger partial charge in [-0.15, -0.1) is 11.3 Å². The van der Waals surface area contributed by atoms with Gasteiger partial charge in [0.1, 0.15) is 23.6 Å². The molecule has 0 saturated heterocycles. The molecule has 2 N–H and O–H groups in total. The second-order valence-corrected chi connectivity index (χ2v) is 8.79. The molecule has 0 saturated carbocycles. The zero-order valence-electron chi connectivity index (χ0n) is 19.2. The van der Waals surface area contributed by atoms with Gasteiger partial charge in [-0.05, 0) is 36.6 Å². The van der Waals surface area contributed by atoms with Crippen molar-refractivity contribution in [1.82, 2.24) is 9.97 Å². The summed E-state index contributed by atoms with van der Waals surface area (Å²) < 4.78 is 11.3. The highest BCUT2D eigenvalue weighted by Crippen LogP contribution is 2.37. The summed E-state index contributed by atoms with van der Waals surface area (Å²) in [5.74, 6) is 1.50. The predicted molar refractivity (Wildman–Crippen MR) is 135 cm³/mol. The van der Waals surface area contributed by atoms with Crippen molar-refractivity contribution in [2.45, 2.75) is 26.2 Å². The van der Waals surface area contributed by atoms with Crippen LogP contribution in [-0.2, 0) is 17.6 Å². The SMILES string of the molecule is CCOc1cc(-c2cc(NCCc3c(OC)ccc4ccccc34)ncn2)sc1CCC(=O)O. The maximum Gasteiger partial charge on any atom is 0.303 e. The molecule has 2 aromatic heterocycles. The van der Waals surface area contributed by atoms with Crippen LogP contribution >= 0.6 is 11.3 Å². The van der Waals surface area contributed by atoms with Crippen molar-refractivity contribution in [3.05, 3.63) is 65.3 Å². The molecule has 0 radical (unpaired) electrons. The molecule has 176 valence electrons. The molecular weight excluding hydrogens is 450 g/mol. The number of carbonyl (C=O) groups is 1. The molecule has 0 aliphatic heterocycles. The van der Waals surface area contributed by atoms with E-state index in [1.54, 1.807) is 7.11 Å². The first-order valence-corrected chi connectivity index (χ1v) is 12.0. The fraction of sp³-hybridized carbons (Fsp3) is 0.269. The molecule has 0 unspecified atom stereocenters. The van der Waals surface area contributed by atoms with Gasteiger partial charge in [0.25, 0.3) is 0 Å². The maximum absolute atomic E-state index is 11.0. The first kappa shape index (κ1) is 23.5. The van der Waals surface area contributed by atoms with Gasteiger partial charge in [0.2, 0.25) is 0 Å². The molecule has 0 atom stereocenters. The molecule has 0 aliphatic rings. The van der Waals surface area contributed by atoms with Crippen molar-refractivity contribution < 1.29 is 19.4 Å². The van der Waals surface area contributed by atoms with Crippen LogP contribution < -0.4 is 14.8 Å². The lowest BCUT2D eigenvalue weighted by Crippen LogP contribution is -2.08. The van der Waals surface area contributed by atoms with E-state index in [4.69, 9.17) is 14.6 Å². The van der Waals surface area contributed by atoms with Crippen LogP contribution in [-0.4, -0.2) is 41.3 Å². The number of nitrogens with one attached hydrogen (secondary N) is 1. The Labute approximate surface area is 202 Å². The van der Waals surface area contributed by atoms with Crippen LogP contribution in [0.2, 0.25) is 0 Å². The molecule has 4 aromatic rings. The first-order valence-electron chi connectivity index (χ1n) is 11.2. The van der Waals surface area contributed by atoms with E-state index in [-0.39, 0.29) is 6.42 Å². The Hall–Kier alpha value is -3.65. The van der Waals surface area contributed by atoms with Gasteiger partial charge in [0.15, 0.2) is 0 Å². The van der Waals surface area contributed by atoms with Gasteiger partial charge in [-0.3, -0.25) is 4.79 Å². The number of thiophene rings is 1. The van der Waals surface area contributed by atoms with E-state index in [2.05, 4.69) is 33.5 Å². The zero-order valence-corrected chi connectivity index (χ0v) is 20.0. The number of rotatable bonds is 11. The van der Waals surface area contributed by atoms with Crippen molar-refractivity contribution in [2.24, 2.45) is 0 Å². The third kappa shape index (κ3) is 5.46. The summed E-state index contributed by atoms with van der Waals surface area (Å²) in [6.45, 7) is 3.11. The lowest BCUT2D eigenvalue weighted by atomic mass is 10.0. The summed E-state index contributed by atoms with van der Waals surface area (Å²) >= 11 is 1.51. The Bertz CT molecular complexity index is 1290. The number of carboxylic acid groups (broad SMARTS) is 1. The zero-order chi connectivity index (χ0) is 23.9. The number of hydrogen-bond donors (Lipinski definition) is 2. The van der Waals surface area contributed by atoms with Gasteiger partial charge in [-0.2, -0.15) is 0 Å². The highest BCUT2D eigenvalue weighted by atomic mass is 32.1. The van der Waals surface area contributed by atoms with Gasteiger partial charge in [0.05, 0.1) is 30.7 Å². The lowest BCUT2D eigenvalue weighted by molar-refractivity contribution is -0.136. The average molecular weight is 478 g/mol. The molecule has 0 amide bonds. The minimum atomic E-state index is -0.825. The van der Waals surface area contributed by atoms with Crippen molar-refractivity contribution in [1.29, 1.82) is 0 Å². The summed E-state index contributed by atoms with van der Waals surface area (Å²) in [4.78, 5) is 21.6. The number of benzene rings is 2. The van der Waals surface area contributed by atoms with E-state index < -0.39 is 5.97 Å². The summed E-state index contributed by atoms with van der Waals surface area (Å²) in [6, 6.07) is 16.2. The summed E-state index contributed by atoms with van der Waals surface area (Å²) in [5, 5.41) is 14.8. The van der Waals surface area contributed by atoms with E-state index in [0.29, 0.717) is 19.6 Å². The average Bonchev–Trinajstić information content (AvgIpc) is 3.26. The largest absolute Gasteiger partial charge is 0.496 e. The van der Waals surface area contributed by atoms with E-state index in [9.17, 15) is 4.79 Å². The molecule has 0 spiro atoms. The molecule has 0 aliphatic carbocycles. The van der Waals surface area contributed by atoms with E-state index in [0.717, 1.165) is 44.7 Å². The van der Waals surface area contributed by atoms with Crippen LogP contribution in [0.3, 0.4) is 0 Å². The summed E-state index contributed by atoms with van der Waals surface area (Å²) in [7, 11) is 1.69. The van der Waals surface area contributed by atoms with Crippen molar-refractivity contribution in [2.75, 3.05) is 25.6 Å². The minimum Gasteiger partial charge on any atom is -0.496 e. The fourth-order valence-electron chi connectivity index (χ4n) is 3.88. The minimum absolute atomic E-state index is 0.0637. The highest BCUT2D eigenvalue weighted by Gasteiger charge is 2.15. The number of aromatic nitrogens is 2. The summed E-state index contributed by atoms with van der Waals surface area (Å²) in [5.41, 5.74) is 1.93. The second-order valence-electron chi connectivity index (χ2n) is 7.66. The topological polar surface area (TPSA) is 93.6 Å². The molecule has 2 heterocycles. The van der Waals surface area contributed by atoms with Gasteiger partial charge < -0.3 is 19.9 Å². The number of carboxylic acids is 1. The molecule has 0 bridgehead atoms. The van der Waals surface area contributed by atoms with Gasteiger partial charge >= 0.3 is 5.97 Å². The van der Waals surface area contributed by atoms with Gasteiger partial charge in [-0.1, -0.05) is 30.3 Å². The Morgan fingerprint density at radius 2 is 1.94 bits per heavy atom. The van der Waals surface area contributed by atoms with Crippen LogP contribution in [0.5, 0.6) is 11.5 Å². The quantitative estimate of drug-likeness (QED) is 0.297. The normalized spacial score (nSPS) is 10.9. The molecule has 2 aromatic carbocycles. The fourth-order valence-corrected chi connectivity index (χ4v) is 4.95. The second kappa shape index (κ2) is 11.0. The lowest BCUT2D eigenvalue weighted by Gasteiger charge is -2.13. The summed E-state index contributed by atoms with van der Waals surface area (Å²) in [6.07, 6.45) is 2.80. The van der Waals surface area contributed by atoms with Crippen LogP contribution in [0.15, 0.2) is 54.9 Å². The van der Waals surface area contributed by atoms with E-state index >= 15 is 0 Å². The number of anilines is 1. The molecule has 0 fully saturated rings. The number of nitrogens with zero attached hydrogens (tertiary/aromatic N) is 2. The number of aliphatic carboxylic acids is 1. The Kier molecular flexibility index (Phi) is 7.59. The predicted octanol–water partition coefficient (Wildman–Crippen LogP) is 5.44.